The number of nitrogens with one attached hydrogen (secondary N) is 1. The molecule has 110 valence electrons. The molecule has 1 heterocycles. The van der Waals surface area contributed by atoms with E-state index in [1.165, 1.54) is 31.6 Å². The molecule has 1 rings (SSSR count). The van der Waals surface area contributed by atoms with Crippen molar-refractivity contribution in [3.8, 4) is 0 Å². The van der Waals surface area contributed by atoms with E-state index in [4.69, 9.17) is 0 Å². The maximum absolute atomic E-state index is 3.77. The molecule has 1 aliphatic rings. The molecule has 0 atom stereocenters. The summed E-state index contributed by atoms with van der Waals surface area (Å²) in [4.78, 5) is 2.39. The predicted molar refractivity (Wildman–Crippen MR) is 87.3 cm³/mol. The van der Waals surface area contributed by atoms with Gasteiger partial charge in [-0.2, -0.15) is 0 Å². The first-order valence-corrected chi connectivity index (χ1v) is 7.58. The summed E-state index contributed by atoms with van der Waals surface area (Å²) >= 11 is 0. The first-order valence-electron chi connectivity index (χ1n) is 7.58. The lowest BCUT2D eigenvalue weighted by molar-refractivity contribution is 0.242. The fourth-order valence-corrected chi connectivity index (χ4v) is 1.96. The second-order valence-electron chi connectivity index (χ2n) is 5.18. The Morgan fingerprint density at radius 1 is 1.26 bits per heavy atom. The van der Waals surface area contributed by atoms with Crippen LogP contribution in [-0.2, 0) is 0 Å². The predicted octanol–water partition coefficient (Wildman–Crippen LogP) is 3.98. The number of piperidine rings is 1. The van der Waals surface area contributed by atoms with Gasteiger partial charge in [-0.05, 0) is 51.0 Å². The van der Waals surface area contributed by atoms with E-state index in [2.05, 4.69) is 55.9 Å². The normalized spacial score (nSPS) is 18.3. The lowest BCUT2D eigenvalue weighted by Gasteiger charge is -2.30. The Hall–Kier alpha value is -1.02. The Labute approximate surface area is 120 Å². The van der Waals surface area contributed by atoms with Gasteiger partial charge in [0.1, 0.15) is 0 Å². The van der Waals surface area contributed by atoms with Crippen LogP contribution in [0.5, 0.6) is 0 Å². The Balaban J connectivity index is 0.00000154. The summed E-state index contributed by atoms with van der Waals surface area (Å²) in [7, 11) is 2.19. The van der Waals surface area contributed by atoms with E-state index in [1.807, 2.05) is 19.9 Å². The molecule has 0 saturated carbocycles. The molecule has 0 aromatic carbocycles. The largest absolute Gasteiger partial charge is 0.382 e. The molecule has 0 radical (unpaired) electrons. The van der Waals surface area contributed by atoms with Crippen LogP contribution in [0.3, 0.4) is 0 Å². The Morgan fingerprint density at radius 3 is 2.32 bits per heavy atom. The third-order valence-corrected chi connectivity index (χ3v) is 3.05. The molecule has 0 aromatic heterocycles. The third kappa shape index (κ3) is 8.66. The summed E-state index contributed by atoms with van der Waals surface area (Å²) in [5, 5.41) is 3.61. The first-order chi connectivity index (χ1) is 9.11. The number of rotatable bonds is 5. The molecular formula is C17H32N2. The molecule has 1 N–H and O–H groups in total. The molecule has 0 aromatic rings. The summed E-state index contributed by atoms with van der Waals surface area (Å²) in [5.41, 5.74) is 1.18. The van der Waals surface area contributed by atoms with Gasteiger partial charge in [-0.3, -0.25) is 0 Å². The van der Waals surface area contributed by atoms with E-state index in [0.717, 1.165) is 0 Å². The van der Waals surface area contributed by atoms with Gasteiger partial charge in [-0.1, -0.05) is 46.4 Å². The molecule has 0 aliphatic carbocycles. The molecule has 0 amide bonds. The van der Waals surface area contributed by atoms with Crippen molar-refractivity contribution in [2.75, 3.05) is 20.1 Å². The van der Waals surface area contributed by atoms with Crippen LogP contribution in [0, 0.1) is 5.92 Å². The second kappa shape index (κ2) is 10.9. The van der Waals surface area contributed by atoms with E-state index < -0.39 is 0 Å². The van der Waals surface area contributed by atoms with Crippen molar-refractivity contribution in [1.29, 1.82) is 0 Å². The van der Waals surface area contributed by atoms with Crippen LogP contribution in [0.15, 0.2) is 36.6 Å². The lowest BCUT2D eigenvalue weighted by atomic mass is 10.0. The number of likely N-dealkylation sites (tertiary alicyclic amines) is 1. The van der Waals surface area contributed by atoms with Gasteiger partial charge in [-0.25, -0.2) is 0 Å². The van der Waals surface area contributed by atoms with Crippen molar-refractivity contribution in [3.05, 3.63) is 36.6 Å². The van der Waals surface area contributed by atoms with Crippen LogP contribution >= 0.6 is 0 Å². The van der Waals surface area contributed by atoms with Crippen LogP contribution in [0.4, 0.5) is 0 Å². The number of hydrogen-bond donors (Lipinski definition) is 1. The summed E-state index contributed by atoms with van der Waals surface area (Å²) in [6, 6.07) is 0.606. The smallest absolute Gasteiger partial charge is 0.0338 e. The minimum Gasteiger partial charge on any atom is -0.382 e. The molecule has 19 heavy (non-hydrogen) atoms. The summed E-state index contributed by atoms with van der Waals surface area (Å²) in [6.45, 7) is 14.5. The van der Waals surface area contributed by atoms with Gasteiger partial charge in [0.05, 0.1) is 0 Å². The monoisotopic (exact) mass is 264 g/mol. The molecular weight excluding hydrogens is 232 g/mol. The second-order valence-corrected chi connectivity index (χ2v) is 5.18. The minimum atomic E-state index is 0.586. The fourth-order valence-electron chi connectivity index (χ4n) is 1.96. The van der Waals surface area contributed by atoms with Gasteiger partial charge < -0.3 is 10.2 Å². The third-order valence-electron chi connectivity index (χ3n) is 3.05. The standard InChI is InChI=1S/C15H26N2.C2H6/c1-5-6-14(8-7-13(2)3)16-15-9-11-17(4)12-10-15;1-2/h5-8,13,15-16H,1,9-12H2,2-4H3;1-2H3/b8-7-,14-6+;. The van der Waals surface area contributed by atoms with Crippen LogP contribution in [-0.4, -0.2) is 31.1 Å². The molecule has 1 fully saturated rings. The van der Waals surface area contributed by atoms with Crippen LogP contribution in [0.25, 0.3) is 0 Å². The van der Waals surface area contributed by atoms with E-state index >= 15 is 0 Å². The highest BCUT2D eigenvalue weighted by Gasteiger charge is 2.16. The van der Waals surface area contributed by atoms with Gasteiger partial charge in [0.25, 0.3) is 0 Å². The number of hydrogen-bond acceptors (Lipinski definition) is 2. The maximum Gasteiger partial charge on any atom is 0.0338 e. The van der Waals surface area contributed by atoms with Crippen molar-refractivity contribution in [2.24, 2.45) is 5.92 Å². The maximum atomic E-state index is 3.77. The molecule has 0 bridgehead atoms. The molecule has 0 spiro atoms. The summed E-state index contributed by atoms with van der Waals surface area (Å²) in [5.74, 6) is 0.586. The van der Waals surface area contributed by atoms with Gasteiger partial charge >= 0.3 is 0 Å². The number of allylic oxidation sites excluding steroid dienone is 4. The highest BCUT2D eigenvalue weighted by molar-refractivity contribution is 5.22. The molecule has 2 nitrogen and oxygen atoms in total. The minimum absolute atomic E-state index is 0.586. The average Bonchev–Trinajstić information content (AvgIpc) is 2.41. The molecule has 0 unspecified atom stereocenters. The van der Waals surface area contributed by atoms with Crippen LogP contribution < -0.4 is 5.32 Å². The quantitative estimate of drug-likeness (QED) is 0.756. The Kier molecular flexibility index (Phi) is 10.3. The Morgan fingerprint density at radius 2 is 1.84 bits per heavy atom. The van der Waals surface area contributed by atoms with Crippen molar-refractivity contribution in [1.82, 2.24) is 10.2 Å². The van der Waals surface area contributed by atoms with Gasteiger partial charge in [0.2, 0.25) is 0 Å². The Bertz CT molecular complexity index is 282. The highest BCUT2D eigenvalue weighted by Crippen LogP contribution is 2.11. The molecule has 1 aliphatic heterocycles. The topological polar surface area (TPSA) is 15.3 Å². The van der Waals surface area contributed by atoms with E-state index in [1.54, 1.807) is 0 Å². The van der Waals surface area contributed by atoms with E-state index in [0.29, 0.717) is 12.0 Å². The lowest BCUT2D eigenvalue weighted by Crippen LogP contribution is -2.40. The number of nitrogens with zero attached hydrogens (tertiary/aromatic N) is 1. The molecule has 1 saturated heterocycles. The van der Waals surface area contributed by atoms with E-state index in [-0.39, 0.29) is 0 Å². The first kappa shape index (κ1) is 18.0. The van der Waals surface area contributed by atoms with Crippen molar-refractivity contribution >= 4 is 0 Å². The van der Waals surface area contributed by atoms with E-state index in [9.17, 15) is 0 Å². The van der Waals surface area contributed by atoms with Crippen LogP contribution in [0.1, 0.15) is 40.5 Å². The zero-order valence-corrected chi connectivity index (χ0v) is 13.4. The zero-order valence-electron chi connectivity index (χ0n) is 13.4. The van der Waals surface area contributed by atoms with Gasteiger partial charge in [-0.15, -0.1) is 0 Å². The highest BCUT2D eigenvalue weighted by atomic mass is 15.1. The fraction of sp³-hybridized carbons (Fsp3) is 0.647. The van der Waals surface area contributed by atoms with Gasteiger partial charge in [0.15, 0.2) is 0 Å². The van der Waals surface area contributed by atoms with Crippen molar-refractivity contribution in [3.63, 3.8) is 0 Å². The average molecular weight is 264 g/mol. The SMILES string of the molecule is C=C/C=C(\C=C/C(C)C)NC1CCN(C)CC1.CC. The summed E-state index contributed by atoms with van der Waals surface area (Å²) < 4.78 is 0. The summed E-state index contributed by atoms with van der Waals surface area (Å²) in [6.07, 6.45) is 10.7. The van der Waals surface area contributed by atoms with Crippen LogP contribution in [0.2, 0.25) is 0 Å². The van der Waals surface area contributed by atoms with Crippen molar-refractivity contribution in [2.45, 2.75) is 46.6 Å². The molecule has 2 heteroatoms. The zero-order chi connectivity index (χ0) is 14.7. The van der Waals surface area contributed by atoms with Gasteiger partial charge in [0, 0.05) is 11.7 Å². The van der Waals surface area contributed by atoms with Crippen molar-refractivity contribution < 1.29 is 0 Å².